The first-order valence-corrected chi connectivity index (χ1v) is 7.17. The summed E-state index contributed by atoms with van der Waals surface area (Å²) < 4.78 is 5.19. The molecular formula is C14H17N3O3S. The number of aromatic nitrogens is 1. The Hall–Kier alpha value is -2.12. The summed E-state index contributed by atoms with van der Waals surface area (Å²) in [4.78, 5) is 17.1. The van der Waals surface area contributed by atoms with Crippen molar-refractivity contribution in [1.29, 1.82) is 0 Å². The second kappa shape index (κ2) is 6.55. The van der Waals surface area contributed by atoms with Crippen LogP contribution in [0.2, 0.25) is 0 Å². The molecule has 0 radical (unpaired) electrons. The number of rotatable bonds is 6. The summed E-state index contributed by atoms with van der Waals surface area (Å²) >= 11 is 1.37. The van der Waals surface area contributed by atoms with Crippen LogP contribution in [0.15, 0.2) is 29.6 Å². The van der Waals surface area contributed by atoms with Gasteiger partial charge in [-0.05, 0) is 17.7 Å². The normalized spacial score (nSPS) is 12.0. The molecule has 2 aromatic rings. The number of anilines is 1. The number of hydrogen-bond acceptors (Lipinski definition) is 6. The van der Waals surface area contributed by atoms with Crippen molar-refractivity contribution in [2.45, 2.75) is 12.6 Å². The molecule has 21 heavy (non-hydrogen) atoms. The van der Waals surface area contributed by atoms with E-state index < -0.39 is 12.0 Å². The van der Waals surface area contributed by atoms with Crippen LogP contribution in [0.4, 0.5) is 5.13 Å². The van der Waals surface area contributed by atoms with Crippen LogP contribution in [-0.4, -0.2) is 30.2 Å². The molecule has 0 aliphatic rings. The smallest absolute Gasteiger partial charge is 0.326 e. The number of hydrogen-bond donors (Lipinski definition) is 2. The summed E-state index contributed by atoms with van der Waals surface area (Å²) in [6, 6.07) is 6.68. The van der Waals surface area contributed by atoms with E-state index >= 15 is 0 Å². The molecule has 0 aliphatic heterocycles. The van der Waals surface area contributed by atoms with Crippen LogP contribution in [0.25, 0.3) is 0 Å². The minimum atomic E-state index is -1.08. The molecule has 112 valence electrons. The Morgan fingerprint density at radius 3 is 3.00 bits per heavy atom. The van der Waals surface area contributed by atoms with E-state index in [1.807, 2.05) is 36.2 Å². The Bertz CT molecular complexity index is 629. The number of methoxy groups -OCH3 is 1. The zero-order valence-corrected chi connectivity index (χ0v) is 12.6. The number of nitrogens with zero attached hydrogens (tertiary/aromatic N) is 2. The van der Waals surface area contributed by atoms with Crippen LogP contribution in [0.3, 0.4) is 0 Å². The predicted octanol–water partition coefficient (Wildman–Crippen LogP) is 1.87. The van der Waals surface area contributed by atoms with E-state index in [9.17, 15) is 4.79 Å². The largest absolute Gasteiger partial charge is 0.497 e. The molecule has 0 saturated heterocycles. The fourth-order valence-electron chi connectivity index (χ4n) is 1.83. The van der Waals surface area contributed by atoms with Gasteiger partial charge in [0.2, 0.25) is 0 Å². The molecule has 7 heteroatoms. The Morgan fingerprint density at radius 1 is 1.57 bits per heavy atom. The zero-order chi connectivity index (χ0) is 15.4. The van der Waals surface area contributed by atoms with Gasteiger partial charge in [0.1, 0.15) is 11.8 Å². The molecule has 1 aromatic carbocycles. The number of ether oxygens (including phenoxy) is 1. The van der Waals surface area contributed by atoms with Crippen molar-refractivity contribution in [2.75, 3.05) is 19.1 Å². The van der Waals surface area contributed by atoms with Crippen LogP contribution >= 0.6 is 11.3 Å². The summed E-state index contributed by atoms with van der Waals surface area (Å²) in [6.45, 7) is 0.645. The van der Waals surface area contributed by atoms with Gasteiger partial charge in [0.05, 0.1) is 12.8 Å². The highest BCUT2D eigenvalue weighted by Gasteiger charge is 2.18. The number of aliphatic carboxylic acids is 1. The molecule has 0 bridgehead atoms. The number of thiazole rings is 1. The van der Waals surface area contributed by atoms with Crippen LogP contribution in [0.5, 0.6) is 5.75 Å². The van der Waals surface area contributed by atoms with Crippen LogP contribution < -0.4 is 15.4 Å². The van der Waals surface area contributed by atoms with Crippen molar-refractivity contribution in [3.05, 3.63) is 40.9 Å². The van der Waals surface area contributed by atoms with E-state index in [1.165, 1.54) is 11.3 Å². The van der Waals surface area contributed by atoms with Gasteiger partial charge in [-0.1, -0.05) is 12.1 Å². The zero-order valence-electron chi connectivity index (χ0n) is 11.8. The third-order valence-electron chi connectivity index (χ3n) is 2.97. The molecule has 0 spiro atoms. The van der Waals surface area contributed by atoms with E-state index in [1.54, 1.807) is 12.5 Å². The Balaban J connectivity index is 2.09. The lowest BCUT2D eigenvalue weighted by molar-refractivity contribution is -0.138. The molecule has 0 saturated carbocycles. The average molecular weight is 307 g/mol. The molecule has 3 N–H and O–H groups in total. The standard InChI is InChI=1S/C14H17N3O3S/c1-17(7-9-4-3-5-10(6-9)20-2)14-16-11(8-21-14)12(15)13(18)19/h3-6,8,12H,7,15H2,1-2H3,(H,18,19). The lowest BCUT2D eigenvalue weighted by Gasteiger charge is -2.16. The molecule has 0 amide bonds. The molecule has 2 rings (SSSR count). The quantitative estimate of drug-likeness (QED) is 0.847. The molecule has 1 atom stereocenters. The number of benzene rings is 1. The second-order valence-electron chi connectivity index (χ2n) is 4.58. The Kier molecular flexibility index (Phi) is 4.77. The molecule has 1 aromatic heterocycles. The van der Waals surface area contributed by atoms with Crippen molar-refractivity contribution in [3.63, 3.8) is 0 Å². The van der Waals surface area contributed by atoms with Gasteiger partial charge < -0.3 is 20.5 Å². The van der Waals surface area contributed by atoms with E-state index in [-0.39, 0.29) is 0 Å². The van der Waals surface area contributed by atoms with Crippen molar-refractivity contribution in [3.8, 4) is 5.75 Å². The van der Waals surface area contributed by atoms with Crippen LogP contribution in [0, 0.1) is 0 Å². The lowest BCUT2D eigenvalue weighted by Crippen LogP contribution is -2.21. The predicted molar refractivity (Wildman–Crippen MR) is 81.8 cm³/mol. The number of nitrogens with two attached hydrogens (primary N) is 1. The van der Waals surface area contributed by atoms with Gasteiger partial charge in [-0.3, -0.25) is 4.79 Å². The van der Waals surface area contributed by atoms with Crippen molar-refractivity contribution >= 4 is 22.4 Å². The van der Waals surface area contributed by atoms with Crippen molar-refractivity contribution in [1.82, 2.24) is 4.98 Å². The molecular weight excluding hydrogens is 290 g/mol. The maximum atomic E-state index is 10.9. The second-order valence-corrected chi connectivity index (χ2v) is 5.41. The Morgan fingerprint density at radius 2 is 2.33 bits per heavy atom. The van der Waals surface area contributed by atoms with Crippen LogP contribution in [-0.2, 0) is 11.3 Å². The topological polar surface area (TPSA) is 88.7 Å². The lowest BCUT2D eigenvalue weighted by atomic mass is 10.2. The highest BCUT2D eigenvalue weighted by molar-refractivity contribution is 7.13. The molecule has 1 heterocycles. The number of carboxylic acid groups (broad SMARTS) is 1. The monoisotopic (exact) mass is 307 g/mol. The van der Waals surface area contributed by atoms with Gasteiger partial charge in [-0.25, -0.2) is 4.98 Å². The fourth-order valence-corrected chi connectivity index (χ4v) is 2.66. The van der Waals surface area contributed by atoms with Gasteiger partial charge >= 0.3 is 5.97 Å². The van der Waals surface area contributed by atoms with E-state index in [4.69, 9.17) is 15.6 Å². The summed E-state index contributed by atoms with van der Waals surface area (Å²) in [5.74, 6) is -0.282. The molecule has 6 nitrogen and oxygen atoms in total. The summed E-state index contributed by atoms with van der Waals surface area (Å²) in [7, 11) is 3.53. The highest BCUT2D eigenvalue weighted by atomic mass is 32.1. The summed E-state index contributed by atoms with van der Waals surface area (Å²) in [5, 5.41) is 11.3. The fraction of sp³-hybridized carbons (Fsp3) is 0.286. The summed E-state index contributed by atoms with van der Waals surface area (Å²) in [6.07, 6.45) is 0. The molecule has 1 unspecified atom stereocenters. The molecule has 0 aliphatic carbocycles. The summed E-state index contributed by atoms with van der Waals surface area (Å²) in [5.41, 5.74) is 7.01. The van der Waals surface area contributed by atoms with Crippen molar-refractivity contribution < 1.29 is 14.6 Å². The average Bonchev–Trinajstić information content (AvgIpc) is 2.96. The minimum Gasteiger partial charge on any atom is -0.497 e. The van der Waals surface area contributed by atoms with Crippen LogP contribution in [0.1, 0.15) is 17.3 Å². The maximum Gasteiger partial charge on any atom is 0.326 e. The van der Waals surface area contributed by atoms with E-state index in [0.717, 1.165) is 16.4 Å². The third kappa shape index (κ3) is 3.71. The number of carboxylic acids is 1. The SMILES string of the molecule is COc1cccc(CN(C)c2nc(C(N)C(=O)O)cs2)c1. The first-order chi connectivity index (χ1) is 10.0. The van der Waals surface area contributed by atoms with Gasteiger partial charge in [0.25, 0.3) is 0 Å². The van der Waals surface area contributed by atoms with Gasteiger partial charge in [0.15, 0.2) is 5.13 Å². The van der Waals surface area contributed by atoms with Gasteiger partial charge in [-0.15, -0.1) is 11.3 Å². The molecule has 0 fully saturated rings. The highest BCUT2D eigenvalue weighted by Crippen LogP contribution is 2.24. The van der Waals surface area contributed by atoms with Crippen molar-refractivity contribution in [2.24, 2.45) is 5.73 Å². The Labute approximate surface area is 126 Å². The minimum absolute atomic E-state index is 0.375. The first-order valence-electron chi connectivity index (χ1n) is 6.29. The van der Waals surface area contributed by atoms with E-state index in [2.05, 4.69) is 4.98 Å². The van der Waals surface area contributed by atoms with E-state index in [0.29, 0.717) is 12.2 Å². The maximum absolute atomic E-state index is 10.9. The number of carbonyl (C=O) groups is 1. The van der Waals surface area contributed by atoms with Gasteiger partial charge in [0, 0.05) is 19.0 Å². The third-order valence-corrected chi connectivity index (χ3v) is 3.95. The first kappa shape index (κ1) is 15.3. The van der Waals surface area contributed by atoms with Gasteiger partial charge in [-0.2, -0.15) is 0 Å².